The van der Waals surface area contributed by atoms with Crippen molar-refractivity contribution < 1.29 is 24.5 Å². The predicted molar refractivity (Wildman–Crippen MR) is 68.3 cm³/mol. The molecule has 8 nitrogen and oxygen atoms in total. The van der Waals surface area contributed by atoms with Crippen LogP contribution in [-0.4, -0.2) is 27.1 Å². The van der Waals surface area contributed by atoms with E-state index in [9.17, 15) is 14.8 Å². The van der Waals surface area contributed by atoms with Gasteiger partial charge in [-0.3, -0.25) is 0 Å². The Morgan fingerprint density at radius 1 is 1.19 bits per heavy atom. The third-order valence-corrected chi connectivity index (χ3v) is 2.15. The molecule has 0 aliphatic heterocycles. The summed E-state index contributed by atoms with van der Waals surface area (Å²) in [5.41, 5.74) is 0.302. The summed E-state index contributed by atoms with van der Waals surface area (Å²) in [6.07, 6.45) is 3.38. The Morgan fingerprint density at radius 2 is 1.86 bits per heavy atom. The van der Waals surface area contributed by atoms with Crippen LogP contribution in [0.15, 0.2) is 42.9 Å². The molecule has 2 N–H and O–H groups in total. The Hall–Kier alpha value is -3.47. The van der Waals surface area contributed by atoms with Gasteiger partial charge in [0.2, 0.25) is 0 Å². The summed E-state index contributed by atoms with van der Waals surface area (Å²) < 4.78 is 0.448. The molecule has 2 rings (SSSR count). The molecule has 0 fully saturated rings. The smallest absolute Gasteiger partial charge is 0.341 e. The van der Waals surface area contributed by atoms with Crippen molar-refractivity contribution in [3.63, 3.8) is 0 Å². The molecule has 0 aliphatic carbocycles. The quantitative estimate of drug-likeness (QED) is 0.611. The molecular formula is C13H9N3O5. The molecule has 0 bridgehead atoms. The molecule has 0 radical (unpaired) electrons. The van der Waals surface area contributed by atoms with Gasteiger partial charge in [0, 0.05) is 12.3 Å². The molecule has 0 saturated heterocycles. The number of carbonyl (C=O) groups is 2. The Bertz CT molecular complexity index is 692. The maximum absolute atomic E-state index is 10.4. The van der Waals surface area contributed by atoms with Crippen LogP contribution >= 0.6 is 0 Å². The van der Waals surface area contributed by atoms with Crippen molar-refractivity contribution in [1.82, 2.24) is 4.98 Å². The molecule has 0 aliphatic rings. The highest BCUT2D eigenvalue weighted by atomic mass is 16.5. The topological polar surface area (TPSA) is 138 Å². The van der Waals surface area contributed by atoms with Crippen LogP contribution < -0.4 is 4.73 Å². The lowest BCUT2D eigenvalue weighted by Gasteiger charge is -1.94. The SMILES string of the molecule is N#Cc1ccc(C(=O)O)cn1.O=C(O)c1ccc[n+]([O-])c1. The fourth-order valence-electron chi connectivity index (χ4n) is 1.17. The number of carboxylic acid groups (broad SMARTS) is 2. The van der Waals surface area contributed by atoms with E-state index in [4.69, 9.17) is 15.5 Å². The fraction of sp³-hybridized carbons (Fsp3) is 0. The van der Waals surface area contributed by atoms with Gasteiger partial charge in [-0.05, 0) is 18.2 Å². The summed E-state index contributed by atoms with van der Waals surface area (Å²) in [6, 6.07) is 7.24. The van der Waals surface area contributed by atoms with Gasteiger partial charge in [0.25, 0.3) is 0 Å². The number of pyridine rings is 2. The van der Waals surface area contributed by atoms with Gasteiger partial charge in [0.15, 0.2) is 12.4 Å². The van der Waals surface area contributed by atoms with E-state index in [0.717, 1.165) is 12.4 Å². The number of aromatic carboxylic acids is 2. The highest BCUT2D eigenvalue weighted by Crippen LogP contribution is 1.98. The van der Waals surface area contributed by atoms with Crippen LogP contribution in [0.5, 0.6) is 0 Å². The van der Waals surface area contributed by atoms with E-state index in [1.54, 1.807) is 6.07 Å². The van der Waals surface area contributed by atoms with E-state index in [1.165, 1.54) is 30.5 Å². The number of hydrogen-bond acceptors (Lipinski definition) is 5. The monoisotopic (exact) mass is 287 g/mol. The van der Waals surface area contributed by atoms with E-state index in [0.29, 0.717) is 4.73 Å². The second-order valence-corrected chi connectivity index (χ2v) is 3.61. The summed E-state index contributed by atoms with van der Waals surface area (Å²) in [7, 11) is 0. The molecule has 106 valence electrons. The van der Waals surface area contributed by atoms with Crippen LogP contribution in [0.4, 0.5) is 0 Å². The largest absolute Gasteiger partial charge is 0.619 e. The minimum atomic E-state index is -1.09. The number of aromatic nitrogens is 2. The zero-order chi connectivity index (χ0) is 15.8. The van der Waals surface area contributed by atoms with Crippen LogP contribution in [0, 0.1) is 16.5 Å². The number of rotatable bonds is 2. The molecule has 21 heavy (non-hydrogen) atoms. The summed E-state index contributed by atoms with van der Waals surface area (Å²) in [5.74, 6) is -2.13. The summed E-state index contributed by atoms with van der Waals surface area (Å²) >= 11 is 0. The molecule has 0 spiro atoms. The maximum Gasteiger partial charge on any atom is 0.341 e. The predicted octanol–water partition coefficient (Wildman–Crippen LogP) is 0.670. The third-order valence-electron chi connectivity index (χ3n) is 2.15. The second-order valence-electron chi connectivity index (χ2n) is 3.61. The van der Waals surface area contributed by atoms with Crippen molar-refractivity contribution in [3.8, 4) is 6.07 Å². The van der Waals surface area contributed by atoms with Gasteiger partial charge in [0.1, 0.15) is 17.3 Å². The zero-order valence-corrected chi connectivity index (χ0v) is 10.5. The first kappa shape index (κ1) is 15.6. The molecule has 2 aromatic heterocycles. The first-order chi connectivity index (χ1) is 9.93. The van der Waals surface area contributed by atoms with Gasteiger partial charge in [-0.2, -0.15) is 9.99 Å². The molecule has 2 heterocycles. The molecule has 2 aromatic rings. The standard InChI is InChI=1S/C7H4N2O2.C6H5NO3/c8-3-6-2-1-5(4-9-6)7(10)11;8-6(9)5-2-1-3-7(10)4-5/h1-2,4H,(H,10,11);1-4H,(H,8,9). The Labute approximate surface area is 118 Å². The molecular weight excluding hydrogens is 278 g/mol. The van der Waals surface area contributed by atoms with Gasteiger partial charge < -0.3 is 15.4 Å². The van der Waals surface area contributed by atoms with E-state index >= 15 is 0 Å². The van der Waals surface area contributed by atoms with E-state index in [1.807, 2.05) is 0 Å². The van der Waals surface area contributed by atoms with E-state index in [-0.39, 0.29) is 16.8 Å². The lowest BCUT2D eigenvalue weighted by atomic mass is 10.2. The zero-order valence-electron chi connectivity index (χ0n) is 10.5. The molecule has 0 aromatic carbocycles. The van der Waals surface area contributed by atoms with Gasteiger partial charge in [0.05, 0.1) is 5.56 Å². The number of nitrogens with zero attached hydrogens (tertiary/aromatic N) is 3. The fourth-order valence-corrected chi connectivity index (χ4v) is 1.17. The van der Waals surface area contributed by atoms with Crippen molar-refractivity contribution in [2.24, 2.45) is 0 Å². The maximum atomic E-state index is 10.4. The van der Waals surface area contributed by atoms with Crippen LogP contribution in [-0.2, 0) is 0 Å². The van der Waals surface area contributed by atoms with Crippen molar-refractivity contribution in [2.75, 3.05) is 0 Å². The van der Waals surface area contributed by atoms with Gasteiger partial charge in [-0.1, -0.05) is 0 Å². The average molecular weight is 287 g/mol. The molecule has 0 unspecified atom stereocenters. The number of hydrogen-bond donors (Lipinski definition) is 2. The van der Waals surface area contributed by atoms with Gasteiger partial charge >= 0.3 is 11.9 Å². The molecule has 0 saturated carbocycles. The van der Waals surface area contributed by atoms with Gasteiger partial charge in [-0.25, -0.2) is 14.6 Å². The highest BCUT2D eigenvalue weighted by molar-refractivity contribution is 5.87. The van der Waals surface area contributed by atoms with Crippen LogP contribution in [0.2, 0.25) is 0 Å². The van der Waals surface area contributed by atoms with Crippen molar-refractivity contribution in [1.29, 1.82) is 5.26 Å². The van der Waals surface area contributed by atoms with E-state index in [2.05, 4.69) is 4.98 Å². The second kappa shape index (κ2) is 7.20. The van der Waals surface area contributed by atoms with Crippen LogP contribution in [0.25, 0.3) is 0 Å². The first-order valence-corrected chi connectivity index (χ1v) is 5.45. The lowest BCUT2D eigenvalue weighted by molar-refractivity contribution is -0.605. The number of carboxylic acids is 2. The van der Waals surface area contributed by atoms with Crippen molar-refractivity contribution in [2.45, 2.75) is 0 Å². The first-order valence-electron chi connectivity index (χ1n) is 5.45. The highest BCUT2D eigenvalue weighted by Gasteiger charge is 2.04. The molecule has 0 atom stereocenters. The minimum absolute atomic E-state index is 0.00231. The Morgan fingerprint density at radius 3 is 2.24 bits per heavy atom. The third kappa shape index (κ3) is 4.96. The minimum Gasteiger partial charge on any atom is -0.619 e. The van der Waals surface area contributed by atoms with Crippen molar-refractivity contribution >= 4 is 11.9 Å². The normalized spacial score (nSPS) is 8.90. The Balaban J connectivity index is 0.000000211. The summed E-state index contributed by atoms with van der Waals surface area (Å²) in [5, 5.41) is 35.5. The summed E-state index contributed by atoms with van der Waals surface area (Å²) in [6.45, 7) is 0. The Kier molecular flexibility index (Phi) is 5.34. The molecule has 8 heteroatoms. The van der Waals surface area contributed by atoms with Crippen LogP contribution in [0.1, 0.15) is 26.4 Å². The summed E-state index contributed by atoms with van der Waals surface area (Å²) in [4.78, 5) is 24.1. The lowest BCUT2D eigenvalue weighted by Crippen LogP contribution is -2.25. The average Bonchev–Trinajstić information content (AvgIpc) is 2.48. The van der Waals surface area contributed by atoms with E-state index < -0.39 is 11.9 Å². The molecule has 0 amide bonds. The number of nitriles is 1. The van der Waals surface area contributed by atoms with Gasteiger partial charge in [-0.15, -0.1) is 0 Å². The van der Waals surface area contributed by atoms with Crippen molar-refractivity contribution in [3.05, 3.63) is 64.9 Å². The van der Waals surface area contributed by atoms with Crippen LogP contribution in [0.3, 0.4) is 0 Å².